The van der Waals surface area contributed by atoms with Crippen LogP contribution < -0.4 is 5.32 Å². The van der Waals surface area contributed by atoms with E-state index < -0.39 is 6.10 Å². The van der Waals surface area contributed by atoms with Gasteiger partial charge in [-0.1, -0.05) is 35.4 Å². The van der Waals surface area contributed by atoms with Crippen LogP contribution in [0, 0.1) is 0 Å². The Morgan fingerprint density at radius 2 is 2.29 bits per heavy atom. The van der Waals surface area contributed by atoms with Gasteiger partial charge in [0.15, 0.2) is 0 Å². The number of benzene rings is 1. The summed E-state index contributed by atoms with van der Waals surface area (Å²) in [4.78, 5) is 14.3. The van der Waals surface area contributed by atoms with Crippen molar-refractivity contribution in [1.29, 1.82) is 0 Å². The fraction of sp³-hybridized carbons (Fsp3) is 0.385. The van der Waals surface area contributed by atoms with Gasteiger partial charge in [-0.15, -0.1) is 5.10 Å². The molecule has 8 heteroatoms. The highest BCUT2D eigenvalue weighted by molar-refractivity contribution is 5.92. The molecule has 2 aromatic rings. The van der Waals surface area contributed by atoms with Crippen molar-refractivity contribution in [2.24, 2.45) is 0 Å². The Labute approximate surface area is 121 Å². The second-order valence-corrected chi connectivity index (χ2v) is 4.80. The number of nitrogens with zero attached hydrogens (tertiary/aromatic N) is 4. The third-order valence-corrected chi connectivity index (χ3v) is 3.27. The Morgan fingerprint density at radius 1 is 1.43 bits per heavy atom. The molecule has 110 valence electrons. The van der Waals surface area contributed by atoms with Gasteiger partial charge >= 0.3 is 0 Å². The first-order chi connectivity index (χ1) is 10.3. The van der Waals surface area contributed by atoms with Gasteiger partial charge in [0, 0.05) is 19.6 Å². The summed E-state index contributed by atoms with van der Waals surface area (Å²) in [6.07, 6.45) is -0.527. The molecule has 1 fully saturated rings. The molecule has 21 heavy (non-hydrogen) atoms. The van der Waals surface area contributed by atoms with Crippen LogP contribution >= 0.6 is 0 Å². The van der Waals surface area contributed by atoms with E-state index in [0.717, 1.165) is 13.1 Å². The molecule has 0 bridgehead atoms. The number of tetrazole rings is 1. The van der Waals surface area contributed by atoms with Gasteiger partial charge < -0.3 is 4.74 Å². The maximum absolute atomic E-state index is 12.1. The number of nitrogens with one attached hydrogen (secondary N) is 2. The van der Waals surface area contributed by atoms with E-state index in [-0.39, 0.29) is 11.9 Å². The molecule has 8 nitrogen and oxygen atoms in total. The van der Waals surface area contributed by atoms with E-state index in [2.05, 4.69) is 43.0 Å². The topological polar surface area (TPSA) is 96.0 Å². The number of ether oxygens (including phenoxy) is 1. The Hall–Kier alpha value is -2.32. The van der Waals surface area contributed by atoms with E-state index in [4.69, 9.17) is 4.74 Å². The van der Waals surface area contributed by atoms with Gasteiger partial charge in [0.05, 0.1) is 6.61 Å². The number of hydrogen-bond acceptors (Lipinski definition) is 6. The third kappa shape index (κ3) is 3.61. The van der Waals surface area contributed by atoms with E-state index in [1.54, 1.807) is 0 Å². The smallest absolute Gasteiger partial charge is 0.269 e. The van der Waals surface area contributed by atoms with Crippen molar-refractivity contribution in [2.75, 3.05) is 25.0 Å². The molecule has 1 aliphatic heterocycles. The molecule has 1 atom stereocenters. The quantitative estimate of drug-likeness (QED) is 0.824. The van der Waals surface area contributed by atoms with Gasteiger partial charge in [-0.2, -0.15) is 5.21 Å². The highest BCUT2D eigenvalue weighted by Crippen LogP contribution is 2.11. The van der Waals surface area contributed by atoms with E-state index in [9.17, 15) is 4.79 Å². The maximum atomic E-state index is 12.1. The number of anilines is 1. The van der Waals surface area contributed by atoms with Crippen LogP contribution in [0.15, 0.2) is 30.3 Å². The zero-order chi connectivity index (χ0) is 14.5. The van der Waals surface area contributed by atoms with Crippen LogP contribution in [0.3, 0.4) is 0 Å². The van der Waals surface area contributed by atoms with E-state index in [1.807, 2.05) is 18.2 Å². The molecule has 0 radical (unpaired) electrons. The number of hydrogen-bond donors (Lipinski definition) is 2. The van der Waals surface area contributed by atoms with Crippen LogP contribution in [0.2, 0.25) is 0 Å². The van der Waals surface area contributed by atoms with Crippen molar-refractivity contribution in [3.8, 4) is 0 Å². The normalized spacial score (nSPS) is 19.3. The summed E-state index contributed by atoms with van der Waals surface area (Å²) in [5.74, 6) is -0.0991. The largest absolute Gasteiger partial charge is 0.366 e. The van der Waals surface area contributed by atoms with Gasteiger partial charge in [-0.05, 0) is 10.8 Å². The van der Waals surface area contributed by atoms with Crippen LogP contribution in [0.25, 0.3) is 0 Å². The molecule has 2 N–H and O–H groups in total. The molecule has 1 unspecified atom stereocenters. The van der Waals surface area contributed by atoms with Crippen molar-refractivity contribution >= 4 is 11.9 Å². The fourth-order valence-corrected chi connectivity index (χ4v) is 2.25. The van der Waals surface area contributed by atoms with Crippen LogP contribution in [-0.2, 0) is 16.1 Å². The van der Waals surface area contributed by atoms with Gasteiger partial charge in [-0.25, -0.2) is 0 Å². The first-order valence-corrected chi connectivity index (χ1v) is 6.73. The number of aromatic amines is 1. The summed E-state index contributed by atoms with van der Waals surface area (Å²) in [6.45, 7) is 2.67. The summed E-state index contributed by atoms with van der Waals surface area (Å²) in [7, 11) is 0. The SMILES string of the molecule is O=C(Nc1nn[nH]n1)C1CN(Cc2ccccc2)CCO1. The van der Waals surface area contributed by atoms with Crippen molar-refractivity contribution in [3.05, 3.63) is 35.9 Å². The second-order valence-electron chi connectivity index (χ2n) is 4.80. The number of morpholine rings is 1. The minimum Gasteiger partial charge on any atom is -0.366 e. The lowest BCUT2D eigenvalue weighted by atomic mass is 10.2. The lowest BCUT2D eigenvalue weighted by Gasteiger charge is -2.31. The van der Waals surface area contributed by atoms with Gasteiger partial charge in [0.25, 0.3) is 11.9 Å². The Balaban J connectivity index is 1.56. The van der Waals surface area contributed by atoms with Crippen molar-refractivity contribution in [2.45, 2.75) is 12.6 Å². The molecule has 1 saturated heterocycles. The molecule has 1 aromatic carbocycles. The second kappa shape index (κ2) is 6.42. The minimum absolute atomic E-state index is 0.156. The first-order valence-electron chi connectivity index (χ1n) is 6.73. The van der Waals surface area contributed by atoms with E-state index in [1.165, 1.54) is 5.56 Å². The number of H-pyrrole nitrogens is 1. The predicted molar refractivity (Wildman–Crippen MR) is 74.3 cm³/mol. The molecule has 1 amide bonds. The standard InChI is InChI=1S/C13H16N6O2/c20-12(14-13-15-17-18-16-13)11-9-19(6-7-21-11)8-10-4-2-1-3-5-10/h1-5,11H,6-9H2,(H2,14,15,16,17,18,20). The van der Waals surface area contributed by atoms with Gasteiger partial charge in [0.1, 0.15) is 6.10 Å². The van der Waals surface area contributed by atoms with Crippen LogP contribution in [0.1, 0.15) is 5.56 Å². The zero-order valence-electron chi connectivity index (χ0n) is 11.4. The van der Waals surface area contributed by atoms with Crippen molar-refractivity contribution in [3.63, 3.8) is 0 Å². The van der Waals surface area contributed by atoms with E-state index >= 15 is 0 Å². The average molecular weight is 288 g/mol. The highest BCUT2D eigenvalue weighted by Gasteiger charge is 2.27. The molecule has 0 saturated carbocycles. The minimum atomic E-state index is -0.527. The lowest BCUT2D eigenvalue weighted by molar-refractivity contribution is -0.133. The molecular weight excluding hydrogens is 272 g/mol. The number of carbonyl (C=O) groups is 1. The Kier molecular flexibility index (Phi) is 4.17. The number of amides is 1. The number of carbonyl (C=O) groups excluding carboxylic acids is 1. The molecule has 0 spiro atoms. The van der Waals surface area contributed by atoms with Crippen LogP contribution in [0.4, 0.5) is 5.95 Å². The average Bonchev–Trinajstić information content (AvgIpc) is 3.01. The van der Waals surface area contributed by atoms with Gasteiger partial charge in [0.2, 0.25) is 0 Å². The Bertz CT molecular complexity index is 574. The molecule has 0 aliphatic carbocycles. The maximum Gasteiger partial charge on any atom is 0.269 e. The van der Waals surface area contributed by atoms with Crippen LogP contribution in [0.5, 0.6) is 0 Å². The van der Waals surface area contributed by atoms with Crippen LogP contribution in [-0.4, -0.2) is 57.2 Å². The summed E-state index contributed by atoms with van der Waals surface area (Å²) in [5, 5.41) is 15.6. The molecule has 1 aliphatic rings. The Morgan fingerprint density at radius 3 is 3.05 bits per heavy atom. The third-order valence-electron chi connectivity index (χ3n) is 3.27. The molecular formula is C13H16N6O2. The molecule has 3 rings (SSSR count). The fourth-order valence-electron chi connectivity index (χ4n) is 2.25. The monoisotopic (exact) mass is 288 g/mol. The number of aromatic nitrogens is 4. The van der Waals surface area contributed by atoms with Gasteiger partial charge in [-0.3, -0.25) is 15.0 Å². The summed E-state index contributed by atoms with van der Waals surface area (Å²) in [6, 6.07) is 10.2. The first kappa shape index (κ1) is 13.7. The number of rotatable bonds is 4. The lowest BCUT2D eigenvalue weighted by Crippen LogP contribution is -2.47. The summed E-state index contributed by atoms with van der Waals surface area (Å²) in [5.41, 5.74) is 1.22. The zero-order valence-corrected chi connectivity index (χ0v) is 11.4. The van der Waals surface area contributed by atoms with Crippen molar-refractivity contribution < 1.29 is 9.53 Å². The van der Waals surface area contributed by atoms with E-state index in [0.29, 0.717) is 13.2 Å². The molecule has 2 heterocycles. The molecule has 1 aromatic heterocycles. The predicted octanol–water partition coefficient (Wildman–Crippen LogP) is 0.0392. The van der Waals surface area contributed by atoms with Crippen molar-refractivity contribution in [1.82, 2.24) is 25.5 Å². The summed E-state index contributed by atoms with van der Waals surface area (Å²) < 4.78 is 5.52. The highest BCUT2D eigenvalue weighted by atomic mass is 16.5. The summed E-state index contributed by atoms with van der Waals surface area (Å²) >= 11 is 0.